The average Bonchev–Trinajstić information content (AvgIpc) is 3.97. The summed E-state index contributed by atoms with van der Waals surface area (Å²) < 4.78 is 8.57. The van der Waals surface area contributed by atoms with Crippen LogP contribution in [0.1, 0.15) is 0 Å². The standard InChI is InChI=1S/C66H44N2O/c1-3-18-46(19-4-1)53-24-7-8-25-54(53)55-26-9-10-27-56(55)57-28-11-14-31-62(57)67(51-38-34-45(35-39-51)48-37-41-66-61(44-48)59-30-13-16-33-65(59)69-66)52-23-17-20-47(42-52)49-36-40-64-60(43-49)58-29-12-15-32-63(58)68(64)50-21-5-2-6-22-50/h1-44H. The number of aromatic nitrogens is 1. The van der Waals surface area contributed by atoms with Gasteiger partial charge < -0.3 is 13.9 Å². The van der Waals surface area contributed by atoms with Gasteiger partial charge >= 0.3 is 0 Å². The van der Waals surface area contributed by atoms with E-state index >= 15 is 0 Å². The van der Waals surface area contributed by atoms with E-state index in [9.17, 15) is 0 Å². The normalized spacial score (nSPS) is 11.5. The minimum atomic E-state index is 0.895. The molecule has 2 aromatic heterocycles. The maximum atomic E-state index is 6.20. The zero-order valence-corrected chi connectivity index (χ0v) is 37.7. The molecule has 0 amide bonds. The number of fused-ring (bicyclic) bond motifs is 6. The predicted molar refractivity (Wildman–Crippen MR) is 290 cm³/mol. The van der Waals surface area contributed by atoms with Gasteiger partial charge in [-0.05, 0) is 129 Å². The summed E-state index contributed by atoms with van der Waals surface area (Å²) in [6, 6.07) is 96.3. The second-order valence-corrected chi connectivity index (χ2v) is 17.6. The molecule has 0 aliphatic rings. The summed E-state index contributed by atoms with van der Waals surface area (Å²) in [4.78, 5) is 2.43. The van der Waals surface area contributed by atoms with Crippen molar-refractivity contribution in [2.75, 3.05) is 4.90 Å². The highest BCUT2D eigenvalue weighted by molar-refractivity contribution is 6.11. The first kappa shape index (κ1) is 40.1. The summed E-state index contributed by atoms with van der Waals surface area (Å²) in [5, 5.41) is 4.71. The van der Waals surface area contributed by atoms with E-state index in [1.54, 1.807) is 0 Å². The highest BCUT2D eigenvalue weighted by Crippen LogP contribution is 2.46. The molecular weight excluding hydrogens is 837 g/mol. The quantitative estimate of drug-likeness (QED) is 0.144. The molecule has 0 spiro atoms. The van der Waals surface area contributed by atoms with Gasteiger partial charge in [0.05, 0.1) is 16.7 Å². The number of nitrogens with zero attached hydrogens (tertiary/aromatic N) is 2. The van der Waals surface area contributed by atoms with Crippen LogP contribution < -0.4 is 4.90 Å². The van der Waals surface area contributed by atoms with Gasteiger partial charge in [0.25, 0.3) is 0 Å². The van der Waals surface area contributed by atoms with Crippen LogP contribution >= 0.6 is 0 Å². The van der Waals surface area contributed by atoms with Gasteiger partial charge in [-0.2, -0.15) is 0 Å². The fourth-order valence-electron chi connectivity index (χ4n) is 10.4. The summed E-state index contributed by atoms with van der Waals surface area (Å²) >= 11 is 0. The van der Waals surface area contributed by atoms with Crippen LogP contribution in [0.3, 0.4) is 0 Å². The zero-order chi connectivity index (χ0) is 45.7. The van der Waals surface area contributed by atoms with Crippen LogP contribution in [0.4, 0.5) is 17.1 Å². The molecular formula is C66H44N2O. The van der Waals surface area contributed by atoms with E-state index in [-0.39, 0.29) is 0 Å². The molecule has 0 radical (unpaired) electrons. The molecule has 0 aliphatic heterocycles. The van der Waals surface area contributed by atoms with Crippen LogP contribution in [0.15, 0.2) is 271 Å². The monoisotopic (exact) mass is 880 g/mol. The van der Waals surface area contributed by atoms with Crippen LogP contribution in [0, 0.1) is 0 Å². The van der Waals surface area contributed by atoms with Crippen molar-refractivity contribution in [3.05, 3.63) is 267 Å². The van der Waals surface area contributed by atoms with Gasteiger partial charge in [0.2, 0.25) is 0 Å². The summed E-state index contributed by atoms with van der Waals surface area (Å²) in [7, 11) is 0. The van der Waals surface area contributed by atoms with Crippen molar-refractivity contribution in [2.45, 2.75) is 0 Å². The second-order valence-electron chi connectivity index (χ2n) is 17.6. The maximum absolute atomic E-state index is 6.20. The van der Waals surface area contributed by atoms with Crippen molar-refractivity contribution in [3.63, 3.8) is 0 Å². The molecule has 0 atom stereocenters. The first-order chi connectivity index (χ1) is 34.2. The number of benzene rings is 11. The molecule has 69 heavy (non-hydrogen) atoms. The van der Waals surface area contributed by atoms with Crippen molar-refractivity contribution in [2.24, 2.45) is 0 Å². The largest absolute Gasteiger partial charge is 0.456 e. The molecule has 0 bridgehead atoms. The second kappa shape index (κ2) is 16.9. The average molecular weight is 881 g/mol. The van der Waals surface area contributed by atoms with Crippen molar-refractivity contribution in [1.82, 2.24) is 4.57 Å². The molecule has 3 nitrogen and oxygen atoms in total. The summed E-state index contributed by atoms with van der Waals surface area (Å²) in [6.07, 6.45) is 0. The number of para-hydroxylation sites is 4. The molecule has 3 heteroatoms. The lowest BCUT2D eigenvalue weighted by atomic mass is 9.88. The van der Waals surface area contributed by atoms with E-state index in [0.717, 1.165) is 78.1 Å². The molecule has 324 valence electrons. The summed E-state index contributed by atoms with van der Waals surface area (Å²) in [5.74, 6) is 0. The van der Waals surface area contributed by atoms with E-state index in [2.05, 4.69) is 264 Å². The fraction of sp³-hybridized carbons (Fsp3) is 0. The Morgan fingerprint density at radius 2 is 0.797 bits per heavy atom. The molecule has 0 N–H and O–H groups in total. The molecule has 2 heterocycles. The smallest absolute Gasteiger partial charge is 0.135 e. The van der Waals surface area contributed by atoms with Crippen molar-refractivity contribution < 1.29 is 4.42 Å². The minimum absolute atomic E-state index is 0.895. The van der Waals surface area contributed by atoms with Crippen LogP contribution in [-0.4, -0.2) is 4.57 Å². The number of hydrogen-bond acceptors (Lipinski definition) is 2. The Morgan fingerprint density at radius 3 is 1.59 bits per heavy atom. The number of anilines is 3. The third-order valence-electron chi connectivity index (χ3n) is 13.6. The molecule has 0 saturated heterocycles. The topological polar surface area (TPSA) is 21.3 Å². The Morgan fingerprint density at radius 1 is 0.275 bits per heavy atom. The summed E-state index contributed by atoms with van der Waals surface area (Å²) in [5.41, 5.74) is 20.2. The Labute approximate surface area is 401 Å². The molecule has 0 saturated carbocycles. The van der Waals surface area contributed by atoms with Crippen molar-refractivity contribution in [3.8, 4) is 61.3 Å². The summed E-state index contributed by atoms with van der Waals surface area (Å²) in [6.45, 7) is 0. The van der Waals surface area contributed by atoms with Gasteiger partial charge in [0, 0.05) is 44.2 Å². The molecule has 0 aliphatic carbocycles. The van der Waals surface area contributed by atoms with E-state index < -0.39 is 0 Å². The molecule has 11 aromatic carbocycles. The first-order valence-electron chi connectivity index (χ1n) is 23.6. The van der Waals surface area contributed by atoms with Gasteiger partial charge in [0.15, 0.2) is 0 Å². The zero-order valence-electron chi connectivity index (χ0n) is 37.7. The van der Waals surface area contributed by atoms with Gasteiger partial charge in [0.1, 0.15) is 11.2 Å². The Bertz CT molecular complexity index is 4010. The molecule has 0 unspecified atom stereocenters. The van der Waals surface area contributed by atoms with Crippen LogP contribution in [-0.2, 0) is 0 Å². The van der Waals surface area contributed by atoms with Gasteiger partial charge in [-0.3, -0.25) is 0 Å². The number of hydrogen-bond donors (Lipinski definition) is 0. The third kappa shape index (κ3) is 7.08. The van der Waals surface area contributed by atoms with Gasteiger partial charge in [-0.15, -0.1) is 0 Å². The SMILES string of the molecule is c1ccc(-c2ccccc2-c2ccccc2-c2ccccc2N(c2ccc(-c3ccc4oc5ccccc5c4c3)cc2)c2cccc(-c3ccc4c(c3)c3ccccc3n4-c3ccccc3)c2)cc1. The highest BCUT2D eigenvalue weighted by atomic mass is 16.3. The van der Waals surface area contributed by atoms with E-state index in [4.69, 9.17) is 4.42 Å². The fourth-order valence-corrected chi connectivity index (χ4v) is 10.4. The minimum Gasteiger partial charge on any atom is -0.456 e. The van der Waals surface area contributed by atoms with Crippen LogP contribution in [0.2, 0.25) is 0 Å². The maximum Gasteiger partial charge on any atom is 0.135 e. The third-order valence-corrected chi connectivity index (χ3v) is 13.6. The lowest BCUT2D eigenvalue weighted by Crippen LogP contribution is -2.11. The van der Waals surface area contributed by atoms with E-state index in [1.807, 2.05) is 12.1 Å². The first-order valence-corrected chi connectivity index (χ1v) is 23.6. The van der Waals surface area contributed by atoms with Crippen molar-refractivity contribution in [1.29, 1.82) is 0 Å². The Hall–Kier alpha value is -9.18. The Balaban J connectivity index is 0.970. The van der Waals surface area contributed by atoms with Crippen LogP contribution in [0.25, 0.3) is 105 Å². The van der Waals surface area contributed by atoms with Gasteiger partial charge in [-0.1, -0.05) is 188 Å². The highest BCUT2D eigenvalue weighted by Gasteiger charge is 2.22. The lowest BCUT2D eigenvalue weighted by molar-refractivity contribution is 0.669. The molecule has 13 rings (SSSR count). The van der Waals surface area contributed by atoms with E-state index in [0.29, 0.717) is 0 Å². The number of furan rings is 1. The Kier molecular flexibility index (Phi) is 9.84. The van der Waals surface area contributed by atoms with Crippen LogP contribution in [0.5, 0.6) is 0 Å². The number of rotatable bonds is 9. The van der Waals surface area contributed by atoms with Crippen molar-refractivity contribution >= 4 is 60.8 Å². The van der Waals surface area contributed by atoms with Gasteiger partial charge in [-0.25, -0.2) is 0 Å². The lowest BCUT2D eigenvalue weighted by Gasteiger charge is -2.29. The predicted octanol–water partition coefficient (Wildman–Crippen LogP) is 18.5. The molecule has 13 aromatic rings. The van der Waals surface area contributed by atoms with E-state index in [1.165, 1.54) is 44.1 Å². The molecule has 0 fully saturated rings.